The molecule has 0 heteroatoms. The summed E-state index contributed by atoms with van der Waals surface area (Å²) in [7, 11) is 0. The van der Waals surface area contributed by atoms with Crippen molar-refractivity contribution in [3.63, 3.8) is 0 Å². The topological polar surface area (TPSA) is 0 Å². The van der Waals surface area contributed by atoms with Crippen LogP contribution >= 0.6 is 0 Å². The Labute approximate surface area is 57.0 Å². The molecule has 2 unspecified atom stereocenters. The molecule has 2 rings (SSSR count). The molecule has 2 aliphatic carbocycles. The van der Waals surface area contributed by atoms with Gasteiger partial charge in [0.2, 0.25) is 0 Å². The highest BCUT2D eigenvalue weighted by Crippen LogP contribution is 2.51. The van der Waals surface area contributed by atoms with E-state index in [9.17, 15) is 0 Å². The van der Waals surface area contributed by atoms with E-state index in [0.717, 1.165) is 11.8 Å². The van der Waals surface area contributed by atoms with Gasteiger partial charge in [0.25, 0.3) is 0 Å². The van der Waals surface area contributed by atoms with Crippen molar-refractivity contribution in [2.45, 2.75) is 33.1 Å². The summed E-state index contributed by atoms with van der Waals surface area (Å²) < 4.78 is 0. The lowest BCUT2D eigenvalue weighted by Crippen LogP contribution is -1.96. The molecular weight excluding hydrogens is 108 g/mol. The number of rotatable bonds is 0. The van der Waals surface area contributed by atoms with Crippen molar-refractivity contribution >= 4 is 0 Å². The third-order valence-corrected chi connectivity index (χ3v) is 3.04. The van der Waals surface area contributed by atoms with Crippen LogP contribution in [0.1, 0.15) is 33.1 Å². The van der Waals surface area contributed by atoms with Crippen LogP contribution in [0.25, 0.3) is 0 Å². The van der Waals surface area contributed by atoms with Crippen LogP contribution in [0.15, 0.2) is 11.1 Å². The van der Waals surface area contributed by atoms with Crippen molar-refractivity contribution < 1.29 is 0 Å². The van der Waals surface area contributed by atoms with Gasteiger partial charge in [-0.15, -0.1) is 0 Å². The molecule has 0 aromatic carbocycles. The number of allylic oxidation sites excluding steroid dienone is 2. The van der Waals surface area contributed by atoms with Gasteiger partial charge in [0.1, 0.15) is 0 Å². The van der Waals surface area contributed by atoms with Crippen LogP contribution in [0, 0.1) is 11.8 Å². The second-order valence-corrected chi connectivity index (χ2v) is 3.60. The van der Waals surface area contributed by atoms with Crippen LogP contribution < -0.4 is 0 Å². The summed E-state index contributed by atoms with van der Waals surface area (Å²) in [5, 5.41) is 0. The van der Waals surface area contributed by atoms with E-state index >= 15 is 0 Å². The predicted octanol–water partition coefficient (Wildman–Crippen LogP) is 2.75. The number of hydrogen-bond acceptors (Lipinski definition) is 0. The Balaban J connectivity index is 2.25. The second kappa shape index (κ2) is 1.62. The van der Waals surface area contributed by atoms with Gasteiger partial charge in [-0.2, -0.15) is 0 Å². The fraction of sp³-hybridized carbons (Fsp3) is 0.778. The summed E-state index contributed by atoms with van der Waals surface area (Å²) in [6.45, 7) is 4.61. The lowest BCUT2D eigenvalue weighted by molar-refractivity contribution is 0.636. The minimum Gasteiger partial charge on any atom is -0.0741 e. The van der Waals surface area contributed by atoms with E-state index in [4.69, 9.17) is 0 Å². The van der Waals surface area contributed by atoms with Crippen molar-refractivity contribution in [2.24, 2.45) is 11.8 Å². The SMILES string of the molecule is CC1=C(C)C2CC2CC1. The first-order valence-electron chi connectivity index (χ1n) is 3.95. The van der Waals surface area contributed by atoms with Crippen molar-refractivity contribution in [1.82, 2.24) is 0 Å². The highest BCUT2D eigenvalue weighted by Gasteiger charge is 2.40. The average Bonchev–Trinajstić information content (AvgIpc) is 2.58. The van der Waals surface area contributed by atoms with Crippen LogP contribution in [0.2, 0.25) is 0 Å². The molecule has 0 amide bonds. The van der Waals surface area contributed by atoms with Crippen molar-refractivity contribution in [3.05, 3.63) is 11.1 Å². The summed E-state index contributed by atoms with van der Waals surface area (Å²) in [4.78, 5) is 0. The fourth-order valence-corrected chi connectivity index (χ4v) is 2.01. The smallest absolute Gasteiger partial charge is 0.0172 e. The molecule has 9 heavy (non-hydrogen) atoms. The molecule has 0 aromatic rings. The molecule has 0 radical (unpaired) electrons. The Hall–Kier alpha value is -0.260. The van der Waals surface area contributed by atoms with E-state index in [1.165, 1.54) is 19.3 Å². The molecule has 1 fully saturated rings. The summed E-state index contributed by atoms with van der Waals surface area (Å²) in [6, 6.07) is 0. The minimum absolute atomic E-state index is 1.03. The molecule has 0 saturated heterocycles. The van der Waals surface area contributed by atoms with Gasteiger partial charge in [0.15, 0.2) is 0 Å². The molecule has 0 spiro atoms. The van der Waals surface area contributed by atoms with Gasteiger partial charge in [-0.3, -0.25) is 0 Å². The maximum absolute atomic E-state index is 2.32. The molecule has 2 aliphatic rings. The third kappa shape index (κ3) is 0.726. The zero-order chi connectivity index (χ0) is 6.43. The predicted molar refractivity (Wildman–Crippen MR) is 39.2 cm³/mol. The van der Waals surface area contributed by atoms with E-state index in [0.29, 0.717) is 0 Å². The van der Waals surface area contributed by atoms with Gasteiger partial charge in [-0.1, -0.05) is 11.1 Å². The minimum atomic E-state index is 1.03. The Morgan fingerprint density at radius 1 is 1.33 bits per heavy atom. The molecule has 2 atom stereocenters. The first-order chi connectivity index (χ1) is 4.29. The number of fused-ring (bicyclic) bond motifs is 1. The van der Waals surface area contributed by atoms with E-state index in [1.807, 2.05) is 0 Å². The summed E-state index contributed by atoms with van der Waals surface area (Å²) in [6.07, 6.45) is 4.37. The monoisotopic (exact) mass is 122 g/mol. The first-order valence-corrected chi connectivity index (χ1v) is 3.95. The largest absolute Gasteiger partial charge is 0.0741 e. The van der Waals surface area contributed by atoms with Crippen molar-refractivity contribution in [1.29, 1.82) is 0 Å². The molecule has 0 nitrogen and oxygen atoms in total. The van der Waals surface area contributed by atoms with Gasteiger partial charge in [0, 0.05) is 0 Å². The van der Waals surface area contributed by atoms with E-state index in [1.54, 1.807) is 11.1 Å². The van der Waals surface area contributed by atoms with Crippen LogP contribution in [0.5, 0.6) is 0 Å². The molecule has 1 saturated carbocycles. The molecule has 50 valence electrons. The van der Waals surface area contributed by atoms with E-state index in [-0.39, 0.29) is 0 Å². The zero-order valence-electron chi connectivity index (χ0n) is 6.28. The Morgan fingerprint density at radius 2 is 2.11 bits per heavy atom. The van der Waals surface area contributed by atoms with Gasteiger partial charge in [-0.25, -0.2) is 0 Å². The normalized spacial score (nSPS) is 40.7. The fourth-order valence-electron chi connectivity index (χ4n) is 2.01. The number of hydrogen-bond donors (Lipinski definition) is 0. The Bertz CT molecular complexity index is 165. The van der Waals surface area contributed by atoms with Gasteiger partial charge >= 0.3 is 0 Å². The van der Waals surface area contributed by atoms with Gasteiger partial charge in [0.05, 0.1) is 0 Å². The lowest BCUT2D eigenvalue weighted by atomic mass is 9.94. The van der Waals surface area contributed by atoms with Crippen LogP contribution in [-0.2, 0) is 0 Å². The molecular formula is C9H14. The zero-order valence-corrected chi connectivity index (χ0v) is 6.28. The lowest BCUT2D eigenvalue weighted by Gasteiger charge is -2.12. The summed E-state index contributed by atoms with van der Waals surface area (Å²) >= 11 is 0. The average molecular weight is 122 g/mol. The molecule has 0 aliphatic heterocycles. The standard InChI is InChI=1S/C9H14/c1-6-3-4-8-5-9(8)7(6)2/h8-9H,3-5H2,1-2H3. The van der Waals surface area contributed by atoms with Crippen LogP contribution in [0.3, 0.4) is 0 Å². The van der Waals surface area contributed by atoms with E-state index < -0.39 is 0 Å². The van der Waals surface area contributed by atoms with Crippen LogP contribution in [0.4, 0.5) is 0 Å². The maximum atomic E-state index is 2.32. The Kier molecular flexibility index (Phi) is 0.992. The highest BCUT2D eigenvalue weighted by molar-refractivity contribution is 5.23. The molecule has 0 aromatic heterocycles. The molecule has 0 heterocycles. The highest BCUT2D eigenvalue weighted by atomic mass is 14.4. The second-order valence-electron chi connectivity index (χ2n) is 3.60. The van der Waals surface area contributed by atoms with Gasteiger partial charge < -0.3 is 0 Å². The summed E-state index contributed by atoms with van der Waals surface area (Å²) in [5.74, 6) is 2.13. The van der Waals surface area contributed by atoms with Crippen molar-refractivity contribution in [3.8, 4) is 0 Å². The van der Waals surface area contributed by atoms with Crippen LogP contribution in [-0.4, -0.2) is 0 Å². The quantitative estimate of drug-likeness (QED) is 0.433. The molecule has 0 bridgehead atoms. The Morgan fingerprint density at radius 3 is 2.78 bits per heavy atom. The third-order valence-electron chi connectivity index (χ3n) is 3.04. The van der Waals surface area contributed by atoms with E-state index in [2.05, 4.69) is 13.8 Å². The van der Waals surface area contributed by atoms with Gasteiger partial charge in [-0.05, 0) is 44.9 Å². The maximum Gasteiger partial charge on any atom is -0.0172 e. The molecule has 0 N–H and O–H groups in total. The summed E-state index contributed by atoms with van der Waals surface area (Å²) in [5.41, 5.74) is 3.39. The first kappa shape index (κ1) is 5.52. The van der Waals surface area contributed by atoms with Crippen molar-refractivity contribution in [2.75, 3.05) is 0 Å².